The quantitative estimate of drug-likeness (QED) is 0.800. The Morgan fingerprint density at radius 1 is 1.23 bits per heavy atom. The number of aromatic amines is 1. The first-order valence-corrected chi connectivity index (χ1v) is 6.91. The number of nitrogens with zero attached hydrogens (tertiary/aromatic N) is 1. The predicted octanol–water partition coefficient (Wildman–Crippen LogP) is 2.10. The number of H-pyrrole nitrogens is 1. The topological polar surface area (TPSA) is 84.1 Å². The molecule has 0 aliphatic rings. The first kappa shape index (κ1) is 15.5. The predicted molar refractivity (Wildman–Crippen MR) is 83.1 cm³/mol. The summed E-state index contributed by atoms with van der Waals surface area (Å²) < 4.78 is 5.08. The van der Waals surface area contributed by atoms with Crippen LogP contribution in [0.2, 0.25) is 0 Å². The Morgan fingerprint density at radius 3 is 2.77 bits per heavy atom. The van der Waals surface area contributed by atoms with Crippen LogP contribution in [0.15, 0.2) is 53.3 Å². The second-order valence-corrected chi connectivity index (χ2v) is 4.53. The first-order valence-electron chi connectivity index (χ1n) is 6.91. The lowest BCUT2D eigenvalue weighted by atomic mass is 10.2. The third-order valence-electron chi connectivity index (χ3n) is 2.78. The van der Waals surface area contributed by atoms with E-state index in [1.54, 1.807) is 12.1 Å². The number of carbonyl (C=O) groups is 1. The molecule has 0 unspecified atom stereocenters. The third-order valence-corrected chi connectivity index (χ3v) is 2.78. The van der Waals surface area contributed by atoms with Crippen molar-refractivity contribution in [1.29, 1.82) is 0 Å². The van der Waals surface area contributed by atoms with Crippen LogP contribution >= 0.6 is 0 Å². The molecule has 0 aliphatic carbocycles. The number of carbonyl (C=O) groups excluding carboxylic acids is 1. The minimum Gasteiger partial charge on any atom is -0.445 e. The molecule has 1 heterocycles. The molecular formula is C16H17N3O3. The highest BCUT2D eigenvalue weighted by molar-refractivity contribution is 5.67. The van der Waals surface area contributed by atoms with Gasteiger partial charge in [-0.05, 0) is 24.1 Å². The van der Waals surface area contributed by atoms with Crippen molar-refractivity contribution in [1.82, 2.24) is 15.5 Å². The zero-order chi connectivity index (χ0) is 15.6. The van der Waals surface area contributed by atoms with Gasteiger partial charge in [-0.2, -0.15) is 5.10 Å². The fourth-order valence-electron chi connectivity index (χ4n) is 1.68. The van der Waals surface area contributed by atoms with Gasteiger partial charge in [0.05, 0.1) is 5.69 Å². The molecule has 0 bridgehead atoms. The Morgan fingerprint density at radius 2 is 2.05 bits per heavy atom. The van der Waals surface area contributed by atoms with Crippen LogP contribution in [0.5, 0.6) is 0 Å². The SMILES string of the molecule is O=C(NCCC=Cc1ccc(=O)[nH]n1)OCc1ccccc1. The lowest BCUT2D eigenvalue weighted by Crippen LogP contribution is -2.24. The number of alkyl carbamates (subject to hydrolysis) is 1. The second-order valence-electron chi connectivity index (χ2n) is 4.53. The van der Waals surface area contributed by atoms with E-state index in [0.717, 1.165) is 5.56 Å². The van der Waals surface area contributed by atoms with Crippen molar-refractivity contribution in [3.63, 3.8) is 0 Å². The molecule has 6 nitrogen and oxygen atoms in total. The minimum atomic E-state index is -0.445. The Hall–Kier alpha value is -2.89. The van der Waals surface area contributed by atoms with E-state index in [1.807, 2.05) is 36.4 Å². The number of amides is 1. The molecule has 1 amide bonds. The van der Waals surface area contributed by atoms with Crippen LogP contribution in [0, 0.1) is 0 Å². The number of nitrogens with one attached hydrogen (secondary N) is 2. The minimum absolute atomic E-state index is 0.236. The normalized spacial score (nSPS) is 10.5. The highest BCUT2D eigenvalue weighted by atomic mass is 16.5. The summed E-state index contributed by atoms with van der Waals surface area (Å²) >= 11 is 0. The van der Waals surface area contributed by atoms with Gasteiger partial charge < -0.3 is 10.1 Å². The van der Waals surface area contributed by atoms with Gasteiger partial charge in [0.25, 0.3) is 5.56 Å². The lowest BCUT2D eigenvalue weighted by Gasteiger charge is -2.05. The van der Waals surface area contributed by atoms with Crippen LogP contribution in [0.25, 0.3) is 6.08 Å². The maximum atomic E-state index is 11.5. The van der Waals surface area contributed by atoms with Gasteiger partial charge in [-0.25, -0.2) is 9.89 Å². The molecule has 6 heteroatoms. The largest absolute Gasteiger partial charge is 0.445 e. The van der Waals surface area contributed by atoms with E-state index in [2.05, 4.69) is 15.5 Å². The summed E-state index contributed by atoms with van der Waals surface area (Å²) in [6, 6.07) is 12.5. The van der Waals surface area contributed by atoms with Crippen LogP contribution in [0.3, 0.4) is 0 Å². The molecule has 2 aromatic rings. The van der Waals surface area contributed by atoms with Crippen LogP contribution in [0.1, 0.15) is 17.7 Å². The van der Waals surface area contributed by atoms with Gasteiger partial charge in [-0.1, -0.05) is 36.4 Å². The summed E-state index contributed by atoms with van der Waals surface area (Å²) in [5.41, 5.74) is 1.37. The number of aromatic nitrogens is 2. The summed E-state index contributed by atoms with van der Waals surface area (Å²) in [5.74, 6) is 0. The van der Waals surface area contributed by atoms with Crippen molar-refractivity contribution in [3.05, 3.63) is 70.2 Å². The van der Waals surface area contributed by atoms with Gasteiger partial charge in [0.1, 0.15) is 6.61 Å². The Labute approximate surface area is 127 Å². The molecule has 114 valence electrons. The van der Waals surface area contributed by atoms with Gasteiger partial charge in [-0.3, -0.25) is 4.79 Å². The highest BCUT2D eigenvalue weighted by Gasteiger charge is 2.00. The van der Waals surface area contributed by atoms with Crippen LogP contribution in [-0.2, 0) is 11.3 Å². The molecule has 0 radical (unpaired) electrons. The molecule has 1 aromatic carbocycles. The maximum Gasteiger partial charge on any atom is 0.407 e. The van der Waals surface area contributed by atoms with Gasteiger partial charge in [0.15, 0.2) is 0 Å². The molecule has 2 N–H and O–H groups in total. The van der Waals surface area contributed by atoms with E-state index in [1.165, 1.54) is 6.07 Å². The number of hydrogen-bond acceptors (Lipinski definition) is 4. The van der Waals surface area contributed by atoms with Gasteiger partial charge in [0.2, 0.25) is 0 Å². The van der Waals surface area contributed by atoms with E-state index in [-0.39, 0.29) is 12.2 Å². The first-order chi connectivity index (χ1) is 10.7. The van der Waals surface area contributed by atoms with Crippen molar-refractivity contribution < 1.29 is 9.53 Å². The van der Waals surface area contributed by atoms with E-state index >= 15 is 0 Å². The number of benzene rings is 1. The van der Waals surface area contributed by atoms with Crippen LogP contribution < -0.4 is 10.9 Å². The molecule has 0 saturated carbocycles. The zero-order valence-electron chi connectivity index (χ0n) is 12.0. The van der Waals surface area contributed by atoms with Crippen molar-refractivity contribution >= 4 is 12.2 Å². The van der Waals surface area contributed by atoms with Gasteiger partial charge in [-0.15, -0.1) is 0 Å². The monoisotopic (exact) mass is 299 g/mol. The van der Waals surface area contributed by atoms with E-state index in [4.69, 9.17) is 4.74 Å². The summed E-state index contributed by atoms with van der Waals surface area (Å²) in [6.07, 6.45) is 3.83. The Kier molecular flexibility index (Phi) is 5.92. The average Bonchev–Trinajstić information content (AvgIpc) is 2.55. The fourth-order valence-corrected chi connectivity index (χ4v) is 1.68. The zero-order valence-corrected chi connectivity index (χ0v) is 12.0. The highest BCUT2D eigenvalue weighted by Crippen LogP contribution is 2.00. The summed E-state index contributed by atoms with van der Waals surface area (Å²) in [7, 11) is 0. The Bertz CT molecular complexity index is 660. The molecule has 0 saturated heterocycles. The lowest BCUT2D eigenvalue weighted by molar-refractivity contribution is 0.140. The number of rotatable bonds is 6. The maximum absolute atomic E-state index is 11.5. The molecule has 1 aromatic heterocycles. The van der Waals surface area contributed by atoms with Crippen molar-refractivity contribution in [2.45, 2.75) is 13.0 Å². The molecule has 2 rings (SSSR count). The number of ether oxygens (including phenoxy) is 1. The van der Waals surface area contributed by atoms with E-state index in [9.17, 15) is 9.59 Å². The molecule has 0 fully saturated rings. The third kappa shape index (κ3) is 5.62. The fraction of sp³-hybridized carbons (Fsp3) is 0.188. The Balaban J connectivity index is 1.62. The average molecular weight is 299 g/mol. The molecular weight excluding hydrogens is 282 g/mol. The molecule has 22 heavy (non-hydrogen) atoms. The smallest absolute Gasteiger partial charge is 0.407 e. The second kappa shape index (κ2) is 8.41. The number of hydrogen-bond donors (Lipinski definition) is 2. The van der Waals surface area contributed by atoms with Crippen molar-refractivity contribution in [3.8, 4) is 0 Å². The van der Waals surface area contributed by atoms with Crippen LogP contribution in [-0.4, -0.2) is 22.8 Å². The van der Waals surface area contributed by atoms with Crippen molar-refractivity contribution in [2.75, 3.05) is 6.54 Å². The van der Waals surface area contributed by atoms with E-state index in [0.29, 0.717) is 18.7 Å². The van der Waals surface area contributed by atoms with Gasteiger partial charge in [0, 0.05) is 12.6 Å². The standard InChI is InChI=1S/C16H17N3O3/c20-15-10-9-14(18-19-15)8-4-5-11-17-16(21)22-12-13-6-2-1-3-7-13/h1-4,6-10H,5,11-12H2,(H,17,21)(H,19,20). The summed E-state index contributed by atoms with van der Waals surface area (Å²) in [4.78, 5) is 22.3. The summed E-state index contributed by atoms with van der Waals surface area (Å²) in [6.45, 7) is 0.720. The van der Waals surface area contributed by atoms with Crippen molar-refractivity contribution in [2.24, 2.45) is 0 Å². The summed E-state index contributed by atoms with van der Waals surface area (Å²) in [5, 5.41) is 8.84. The molecule has 0 aliphatic heterocycles. The molecule has 0 spiro atoms. The molecule has 0 atom stereocenters. The van der Waals surface area contributed by atoms with Gasteiger partial charge >= 0.3 is 6.09 Å². The van der Waals surface area contributed by atoms with E-state index < -0.39 is 6.09 Å². The van der Waals surface area contributed by atoms with Crippen LogP contribution in [0.4, 0.5) is 4.79 Å².